The van der Waals surface area contributed by atoms with Crippen LogP contribution in [0.1, 0.15) is 38.5 Å². The highest BCUT2D eigenvalue weighted by atomic mass is 32.1. The minimum absolute atomic E-state index is 0.0377. The lowest BCUT2D eigenvalue weighted by atomic mass is 10.1. The lowest BCUT2D eigenvalue weighted by Gasteiger charge is -2.26. The molecule has 0 aliphatic carbocycles. The van der Waals surface area contributed by atoms with Crippen molar-refractivity contribution in [2.45, 2.75) is 32.9 Å². The molecule has 6 heteroatoms. The number of Topliss-reactive ketones (excluding diaryl/α,β-unsaturated/α-hetero) is 1. The fraction of sp³-hybridized carbons (Fsp3) is 0.429. The Bertz CT molecular complexity index is 764. The van der Waals surface area contributed by atoms with Crippen molar-refractivity contribution in [2.75, 3.05) is 26.3 Å². The molecule has 1 aromatic heterocycles. The Hall–Kier alpha value is -2.02. The average Bonchev–Trinajstić information content (AvgIpc) is 3.13. The van der Waals surface area contributed by atoms with E-state index in [2.05, 4.69) is 34.5 Å². The van der Waals surface area contributed by atoms with Crippen LogP contribution in [0.5, 0.6) is 0 Å². The van der Waals surface area contributed by atoms with Gasteiger partial charge in [0.15, 0.2) is 5.78 Å². The summed E-state index contributed by atoms with van der Waals surface area (Å²) in [5, 5.41) is 2.90. The molecular formula is C21H26N2O3S. The smallest absolute Gasteiger partial charge is 0.220 e. The summed E-state index contributed by atoms with van der Waals surface area (Å²) in [6.07, 6.45) is 0.481. The van der Waals surface area contributed by atoms with Crippen molar-refractivity contribution in [1.82, 2.24) is 10.2 Å². The monoisotopic (exact) mass is 386 g/mol. The van der Waals surface area contributed by atoms with Crippen molar-refractivity contribution in [3.8, 4) is 0 Å². The first kappa shape index (κ1) is 19.7. The van der Waals surface area contributed by atoms with Crippen molar-refractivity contribution < 1.29 is 14.3 Å². The number of hydrogen-bond donors (Lipinski definition) is 1. The third-order valence-corrected chi connectivity index (χ3v) is 5.66. The SMILES string of the molecule is Cc1ccc(C(=O)CCC(=O)NCc2ccc(CN3CCOCC3)cc2)s1. The first-order valence-corrected chi connectivity index (χ1v) is 10.2. The van der Waals surface area contributed by atoms with Gasteiger partial charge in [0, 0.05) is 43.9 Å². The first-order valence-electron chi connectivity index (χ1n) is 9.34. The number of rotatable bonds is 8. The van der Waals surface area contributed by atoms with Crippen molar-refractivity contribution in [2.24, 2.45) is 0 Å². The fourth-order valence-corrected chi connectivity index (χ4v) is 3.84. The summed E-state index contributed by atoms with van der Waals surface area (Å²) < 4.78 is 5.37. The number of hydrogen-bond acceptors (Lipinski definition) is 5. The molecule has 0 saturated carbocycles. The van der Waals surface area contributed by atoms with Gasteiger partial charge in [0.25, 0.3) is 0 Å². The maximum Gasteiger partial charge on any atom is 0.220 e. The Kier molecular flexibility index (Phi) is 7.15. The van der Waals surface area contributed by atoms with Gasteiger partial charge in [-0.05, 0) is 30.2 Å². The van der Waals surface area contributed by atoms with Crippen LogP contribution in [0.15, 0.2) is 36.4 Å². The number of morpholine rings is 1. The average molecular weight is 387 g/mol. The summed E-state index contributed by atoms with van der Waals surface area (Å²) in [5.41, 5.74) is 2.33. The van der Waals surface area contributed by atoms with Crippen molar-refractivity contribution in [1.29, 1.82) is 0 Å². The number of nitrogens with zero attached hydrogens (tertiary/aromatic N) is 1. The van der Waals surface area contributed by atoms with E-state index in [9.17, 15) is 9.59 Å². The summed E-state index contributed by atoms with van der Waals surface area (Å²) >= 11 is 1.48. The van der Waals surface area contributed by atoms with E-state index in [4.69, 9.17) is 4.74 Å². The Morgan fingerprint density at radius 1 is 1.04 bits per heavy atom. The molecule has 0 spiro atoms. The maximum absolute atomic E-state index is 12.1. The van der Waals surface area contributed by atoms with Gasteiger partial charge in [-0.2, -0.15) is 0 Å². The third-order valence-electron chi connectivity index (χ3n) is 4.62. The predicted octanol–water partition coefficient (Wildman–Crippen LogP) is 3.17. The van der Waals surface area contributed by atoms with Crippen LogP contribution in [0, 0.1) is 6.92 Å². The molecule has 1 aliphatic heterocycles. The molecule has 1 fully saturated rings. The lowest BCUT2D eigenvalue weighted by molar-refractivity contribution is -0.121. The molecule has 3 rings (SSSR count). The molecule has 0 bridgehead atoms. The van der Waals surface area contributed by atoms with Crippen molar-refractivity contribution in [3.05, 3.63) is 57.3 Å². The predicted molar refractivity (Wildman–Crippen MR) is 107 cm³/mol. The molecule has 1 saturated heterocycles. The van der Waals surface area contributed by atoms with Gasteiger partial charge < -0.3 is 10.1 Å². The zero-order valence-corrected chi connectivity index (χ0v) is 16.5. The van der Waals surface area contributed by atoms with E-state index in [-0.39, 0.29) is 24.5 Å². The minimum atomic E-state index is -0.0889. The Morgan fingerprint density at radius 2 is 1.74 bits per heavy atom. The molecule has 5 nitrogen and oxygen atoms in total. The van der Waals surface area contributed by atoms with E-state index in [0.717, 1.165) is 48.2 Å². The number of benzene rings is 1. The molecule has 1 N–H and O–H groups in total. The lowest BCUT2D eigenvalue weighted by Crippen LogP contribution is -2.35. The summed E-state index contributed by atoms with van der Waals surface area (Å²) in [6, 6.07) is 12.1. The highest BCUT2D eigenvalue weighted by molar-refractivity contribution is 7.14. The molecule has 0 atom stereocenters. The second-order valence-electron chi connectivity index (χ2n) is 6.82. The van der Waals surface area contributed by atoms with Gasteiger partial charge >= 0.3 is 0 Å². The molecule has 1 aromatic carbocycles. The van der Waals surface area contributed by atoms with Crippen LogP contribution >= 0.6 is 11.3 Å². The number of ether oxygens (including phenoxy) is 1. The number of thiophene rings is 1. The van der Waals surface area contributed by atoms with Crippen LogP contribution in [0.25, 0.3) is 0 Å². The number of aryl methyl sites for hydroxylation is 1. The van der Waals surface area contributed by atoms with Crippen molar-refractivity contribution in [3.63, 3.8) is 0 Å². The number of carbonyl (C=O) groups excluding carboxylic acids is 2. The quantitative estimate of drug-likeness (QED) is 0.708. The topological polar surface area (TPSA) is 58.6 Å². The molecule has 27 heavy (non-hydrogen) atoms. The number of carbonyl (C=O) groups is 2. The van der Waals surface area contributed by atoms with Crippen LogP contribution in [-0.4, -0.2) is 42.9 Å². The van der Waals surface area contributed by atoms with E-state index < -0.39 is 0 Å². The Balaban J connectivity index is 1.38. The second-order valence-corrected chi connectivity index (χ2v) is 8.10. The van der Waals surface area contributed by atoms with Crippen LogP contribution in [0.2, 0.25) is 0 Å². The summed E-state index contributed by atoms with van der Waals surface area (Å²) in [6.45, 7) is 6.95. The molecule has 1 aliphatic rings. The van der Waals surface area contributed by atoms with E-state index in [1.165, 1.54) is 16.9 Å². The second kappa shape index (κ2) is 9.78. The van der Waals surface area contributed by atoms with Crippen LogP contribution < -0.4 is 5.32 Å². The Labute approximate surface area is 164 Å². The normalized spacial score (nSPS) is 14.9. The molecule has 2 heterocycles. The highest BCUT2D eigenvalue weighted by Gasteiger charge is 2.12. The fourth-order valence-electron chi connectivity index (χ4n) is 3.00. The van der Waals surface area contributed by atoms with Crippen LogP contribution in [-0.2, 0) is 22.6 Å². The van der Waals surface area contributed by atoms with Gasteiger partial charge in [-0.15, -0.1) is 11.3 Å². The van der Waals surface area contributed by atoms with E-state index in [1.807, 2.05) is 19.1 Å². The number of amides is 1. The van der Waals surface area contributed by atoms with Crippen LogP contribution in [0.3, 0.4) is 0 Å². The van der Waals surface area contributed by atoms with Gasteiger partial charge in [0.2, 0.25) is 5.91 Å². The molecule has 2 aromatic rings. The molecular weight excluding hydrogens is 360 g/mol. The highest BCUT2D eigenvalue weighted by Crippen LogP contribution is 2.17. The summed E-state index contributed by atoms with van der Waals surface area (Å²) in [7, 11) is 0. The largest absolute Gasteiger partial charge is 0.379 e. The molecule has 144 valence electrons. The molecule has 1 amide bonds. The minimum Gasteiger partial charge on any atom is -0.379 e. The third kappa shape index (κ3) is 6.27. The Morgan fingerprint density at radius 3 is 2.41 bits per heavy atom. The molecule has 0 radical (unpaired) electrons. The van der Waals surface area contributed by atoms with Crippen molar-refractivity contribution >= 4 is 23.0 Å². The zero-order valence-electron chi connectivity index (χ0n) is 15.7. The summed E-state index contributed by atoms with van der Waals surface area (Å²) in [4.78, 5) is 28.3. The number of nitrogens with one attached hydrogen (secondary N) is 1. The van der Waals surface area contributed by atoms with Gasteiger partial charge in [-0.3, -0.25) is 14.5 Å². The first-order chi connectivity index (χ1) is 13.1. The molecule has 0 unspecified atom stereocenters. The zero-order chi connectivity index (χ0) is 19.1. The number of ketones is 1. The van der Waals surface area contributed by atoms with Gasteiger partial charge in [-0.25, -0.2) is 0 Å². The van der Waals surface area contributed by atoms with Gasteiger partial charge in [0.05, 0.1) is 18.1 Å². The van der Waals surface area contributed by atoms with Crippen LogP contribution in [0.4, 0.5) is 0 Å². The van der Waals surface area contributed by atoms with E-state index in [0.29, 0.717) is 6.54 Å². The van der Waals surface area contributed by atoms with Gasteiger partial charge in [0.1, 0.15) is 0 Å². The summed E-state index contributed by atoms with van der Waals surface area (Å²) in [5.74, 6) is -0.0512. The van der Waals surface area contributed by atoms with Gasteiger partial charge in [-0.1, -0.05) is 24.3 Å². The van der Waals surface area contributed by atoms with E-state index >= 15 is 0 Å². The maximum atomic E-state index is 12.1. The standard InChI is InChI=1S/C21H26N2O3S/c1-16-2-8-20(27-16)19(24)7-9-21(25)22-14-17-3-5-18(6-4-17)15-23-10-12-26-13-11-23/h2-6,8H,7,9-15H2,1H3,(H,22,25). The van der Waals surface area contributed by atoms with E-state index in [1.54, 1.807) is 0 Å².